The molecule has 4 nitrogen and oxygen atoms in total. The molecule has 2 rings (SSSR count). The number of sulfonamides is 1. The Morgan fingerprint density at radius 1 is 1.25 bits per heavy atom. The highest BCUT2D eigenvalue weighted by Crippen LogP contribution is 2.21. The van der Waals surface area contributed by atoms with Gasteiger partial charge in [-0.3, -0.25) is 0 Å². The van der Waals surface area contributed by atoms with Gasteiger partial charge in [0.2, 0.25) is 10.0 Å². The van der Waals surface area contributed by atoms with Crippen LogP contribution in [-0.2, 0) is 22.9 Å². The van der Waals surface area contributed by atoms with E-state index in [1.165, 1.54) is 16.7 Å². The second-order valence-electron chi connectivity index (χ2n) is 4.70. The quantitative estimate of drug-likeness (QED) is 0.889. The van der Waals surface area contributed by atoms with E-state index in [4.69, 9.17) is 0 Å². The Morgan fingerprint density at radius 3 is 2.60 bits per heavy atom. The highest BCUT2D eigenvalue weighted by Gasteiger charge is 2.09. The van der Waals surface area contributed by atoms with Crippen molar-refractivity contribution in [1.82, 2.24) is 9.71 Å². The van der Waals surface area contributed by atoms with Gasteiger partial charge < -0.3 is 0 Å². The van der Waals surface area contributed by atoms with Gasteiger partial charge >= 0.3 is 0 Å². The molecule has 108 valence electrons. The van der Waals surface area contributed by atoms with Crippen LogP contribution < -0.4 is 4.72 Å². The van der Waals surface area contributed by atoms with E-state index in [1.54, 1.807) is 11.3 Å². The number of benzene rings is 1. The predicted octanol–water partition coefficient (Wildman–Crippen LogP) is 2.13. The van der Waals surface area contributed by atoms with E-state index < -0.39 is 10.0 Å². The minimum Gasteiger partial charge on any atom is -0.246 e. The maximum atomic E-state index is 11.0. The van der Waals surface area contributed by atoms with Crippen molar-refractivity contribution in [2.45, 2.75) is 19.8 Å². The number of aromatic nitrogens is 1. The third-order valence-corrected chi connectivity index (χ3v) is 4.79. The zero-order valence-electron chi connectivity index (χ0n) is 11.6. The molecule has 1 aromatic carbocycles. The second kappa shape index (κ2) is 6.47. The lowest BCUT2D eigenvalue weighted by Gasteiger charge is -1.99. The SMILES string of the molecule is Cc1nc(CCNS(C)(=O)=O)sc1Cc1ccccc1. The third kappa shape index (κ3) is 4.70. The molecule has 1 heterocycles. The minimum absolute atomic E-state index is 0.399. The van der Waals surface area contributed by atoms with Crippen LogP contribution >= 0.6 is 11.3 Å². The number of hydrogen-bond donors (Lipinski definition) is 1. The topological polar surface area (TPSA) is 59.1 Å². The fourth-order valence-electron chi connectivity index (χ4n) is 1.88. The fraction of sp³-hybridized carbons (Fsp3) is 0.357. The first-order chi connectivity index (χ1) is 9.44. The Morgan fingerprint density at radius 2 is 1.95 bits per heavy atom. The van der Waals surface area contributed by atoms with Crippen molar-refractivity contribution in [3.8, 4) is 0 Å². The molecule has 0 radical (unpaired) electrons. The van der Waals surface area contributed by atoms with Crippen molar-refractivity contribution in [1.29, 1.82) is 0 Å². The summed E-state index contributed by atoms with van der Waals surface area (Å²) in [7, 11) is -3.12. The average Bonchev–Trinajstić information content (AvgIpc) is 2.70. The molecule has 20 heavy (non-hydrogen) atoms. The monoisotopic (exact) mass is 310 g/mol. The zero-order chi connectivity index (χ0) is 14.6. The summed E-state index contributed by atoms with van der Waals surface area (Å²) < 4.78 is 24.5. The minimum atomic E-state index is -3.12. The molecule has 6 heteroatoms. The van der Waals surface area contributed by atoms with E-state index in [2.05, 4.69) is 21.8 Å². The van der Waals surface area contributed by atoms with Crippen molar-refractivity contribution in [2.24, 2.45) is 0 Å². The molecule has 0 saturated carbocycles. The first-order valence-corrected chi connectivity index (χ1v) is 9.08. The average molecular weight is 310 g/mol. The number of aryl methyl sites for hydroxylation is 1. The third-order valence-electron chi connectivity index (χ3n) is 2.85. The summed E-state index contributed by atoms with van der Waals surface area (Å²) in [5.41, 5.74) is 2.30. The Bertz CT molecular complexity index is 664. The lowest BCUT2D eigenvalue weighted by Crippen LogP contribution is -2.24. The molecular weight excluding hydrogens is 292 g/mol. The molecule has 0 aliphatic carbocycles. The van der Waals surface area contributed by atoms with Crippen molar-refractivity contribution in [2.75, 3.05) is 12.8 Å². The van der Waals surface area contributed by atoms with E-state index in [0.717, 1.165) is 17.1 Å². The summed E-state index contributed by atoms with van der Waals surface area (Å²) in [6, 6.07) is 10.3. The van der Waals surface area contributed by atoms with E-state index in [0.29, 0.717) is 13.0 Å². The molecule has 1 aromatic heterocycles. The van der Waals surface area contributed by atoms with Gasteiger partial charge in [0.15, 0.2) is 0 Å². The van der Waals surface area contributed by atoms with Crippen LogP contribution in [0.2, 0.25) is 0 Å². The molecule has 0 atom stereocenters. The molecule has 0 aliphatic rings. The molecular formula is C14H18N2O2S2. The van der Waals surface area contributed by atoms with Gasteiger partial charge in [0.05, 0.1) is 17.0 Å². The van der Waals surface area contributed by atoms with Gasteiger partial charge in [-0.25, -0.2) is 18.1 Å². The highest BCUT2D eigenvalue weighted by atomic mass is 32.2. The molecule has 0 aliphatic heterocycles. The number of thiazole rings is 1. The van der Waals surface area contributed by atoms with E-state index >= 15 is 0 Å². The smallest absolute Gasteiger partial charge is 0.208 e. The summed E-state index contributed by atoms with van der Waals surface area (Å²) in [5, 5.41) is 0.976. The van der Waals surface area contributed by atoms with Gasteiger partial charge in [-0.2, -0.15) is 0 Å². The molecule has 2 aromatic rings. The maximum absolute atomic E-state index is 11.0. The van der Waals surface area contributed by atoms with E-state index in [-0.39, 0.29) is 0 Å². The number of nitrogens with zero attached hydrogens (tertiary/aromatic N) is 1. The van der Waals surface area contributed by atoms with E-state index in [9.17, 15) is 8.42 Å². The summed E-state index contributed by atoms with van der Waals surface area (Å²) in [4.78, 5) is 5.75. The fourth-order valence-corrected chi connectivity index (χ4v) is 3.46. The Balaban J connectivity index is 1.99. The van der Waals surface area contributed by atoms with Crippen LogP contribution in [0.15, 0.2) is 30.3 Å². The molecule has 0 saturated heterocycles. The summed E-state index contributed by atoms with van der Waals surface area (Å²) >= 11 is 1.66. The first kappa shape index (κ1) is 15.2. The summed E-state index contributed by atoms with van der Waals surface area (Å²) in [5.74, 6) is 0. The van der Waals surface area contributed by atoms with Crippen molar-refractivity contribution < 1.29 is 8.42 Å². The standard InChI is InChI=1S/C14H18N2O2S2/c1-11-13(10-12-6-4-3-5-7-12)19-14(16-11)8-9-15-20(2,17)18/h3-7,15H,8-10H2,1-2H3. The number of rotatable bonds is 6. The van der Waals surface area contributed by atoms with Crippen LogP contribution in [0.3, 0.4) is 0 Å². The Labute approximate surface area is 123 Å². The van der Waals surface area contributed by atoms with Crippen LogP contribution in [0.1, 0.15) is 21.1 Å². The largest absolute Gasteiger partial charge is 0.246 e. The van der Waals surface area contributed by atoms with Crippen LogP contribution in [0.25, 0.3) is 0 Å². The second-order valence-corrected chi connectivity index (χ2v) is 7.70. The molecule has 0 amide bonds. The van der Waals surface area contributed by atoms with Crippen molar-refractivity contribution in [3.05, 3.63) is 51.5 Å². The zero-order valence-corrected chi connectivity index (χ0v) is 13.2. The van der Waals surface area contributed by atoms with Crippen molar-refractivity contribution in [3.63, 3.8) is 0 Å². The van der Waals surface area contributed by atoms with Gasteiger partial charge in [0.25, 0.3) is 0 Å². The summed E-state index contributed by atoms with van der Waals surface area (Å²) in [6.45, 7) is 2.40. The number of hydrogen-bond acceptors (Lipinski definition) is 4. The molecule has 1 N–H and O–H groups in total. The van der Waals surface area contributed by atoms with Crippen LogP contribution in [-0.4, -0.2) is 26.2 Å². The van der Waals surface area contributed by atoms with Crippen molar-refractivity contribution >= 4 is 21.4 Å². The van der Waals surface area contributed by atoms with Gasteiger partial charge in [-0.05, 0) is 12.5 Å². The first-order valence-electron chi connectivity index (χ1n) is 6.38. The summed E-state index contributed by atoms with van der Waals surface area (Å²) in [6.07, 6.45) is 2.68. The van der Waals surface area contributed by atoms with Crippen LogP contribution in [0.5, 0.6) is 0 Å². The van der Waals surface area contributed by atoms with Crippen LogP contribution in [0, 0.1) is 6.92 Å². The maximum Gasteiger partial charge on any atom is 0.208 e. The predicted molar refractivity (Wildman–Crippen MR) is 82.6 cm³/mol. The Kier molecular flexibility index (Phi) is 4.91. The van der Waals surface area contributed by atoms with Crippen LogP contribution in [0.4, 0.5) is 0 Å². The Hall–Kier alpha value is -1.24. The van der Waals surface area contributed by atoms with E-state index in [1.807, 2.05) is 25.1 Å². The van der Waals surface area contributed by atoms with Gasteiger partial charge in [-0.1, -0.05) is 30.3 Å². The normalized spacial score (nSPS) is 11.7. The molecule has 0 bridgehead atoms. The van der Waals surface area contributed by atoms with Gasteiger partial charge in [0.1, 0.15) is 0 Å². The lowest BCUT2D eigenvalue weighted by atomic mass is 10.1. The molecule has 0 spiro atoms. The lowest BCUT2D eigenvalue weighted by molar-refractivity contribution is 0.588. The molecule has 0 fully saturated rings. The number of nitrogens with one attached hydrogen (secondary N) is 1. The highest BCUT2D eigenvalue weighted by molar-refractivity contribution is 7.88. The van der Waals surface area contributed by atoms with Gasteiger partial charge in [0, 0.05) is 24.3 Å². The molecule has 0 unspecified atom stereocenters. The van der Waals surface area contributed by atoms with Gasteiger partial charge in [-0.15, -0.1) is 11.3 Å².